The van der Waals surface area contributed by atoms with Crippen LogP contribution in [0.5, 0.6) is 0 Å². The molecule has 0 bridgehead atoms. The van der Waals surface area contributed by atoms with E-state index in [4.69, 9.17) is 4.42 Å². The summed E-state index contributed by atoms with van der Waals surface area (Å²) in [5.41, 5.74) is 6.80. The Labute approximate surface area is 176 Å². The van der Waals surface area contributed by atoms with Crippen LogP contribution in [0.1, 0.15) is 56.2 Å². The molecule has 7 heteroatoms. The lowest BCUT2D eigenvalue weighted by Gasteiger charge is -2.31. The molecule has 1 fully saturated rings. The van der Waals surface area contributed by atoms with Gasteiger partial charge in [0.2, 0.25) is 0 Å². The number of aryl methyl sites for hydroxylation is 2. The van der Waals surface area contributed by atoms with Gasteiger partial charge in [0.1, 0.15) is 5.76 Å². The van der Waals surface area contributed by atoms with Gasteiger partial charge in [0, 0.05) is 49.3 Å². The molecule has 1 aliphatic carbocycles. The van der Waals surface area contributed by atoms with Crippen LogP contribution in [0.2, 0.25) is 0 Å². The molecule has 2 heterocycles. The Bertz CT molecular complexity index is 983. The Balaban J connectivity index is 1.55. The lowest BCUT2D eigenvalue weighted by Crippen LogP contribution is -2.47. The van der Waals surface area contributed by atoms with Gasteiger partial charge in [-0.25, -0.2) is 5.43 Å². The first-order valence-corrected chi connectivity index (χ1v) is 10.5. The number of rotatable bonds is 3. The van der Waals surface area contributed by atoms with Crippen LogP contribution >= 0.6 is 0 Å². The molecule has 2 aliphatic rings. The number of hydrogen-bond acceptors (Lipinski definition) is 5. The maximum Gasteiger partial charge on any atom is 0.289 e. The fraction of sp³-hybridized carbons (Fsp3) is 0.435. The zero-order chi connectivity index (χ0) is 21.3. The summed E-state index contributed by atoms with van der Waals surface area (Å²) in [5.74, 6) is 0.895. The zero-order valence-electron chi connectivity index (χ0n) is 17.8. The highest BCUT2D eigenvalue weighted by Crippen LogP contribution is 2.30. The smallest absolute Gasteiger partial charge is 0.289 e. The van der Waals surface area contributed by atoms with E-state index in [1.54, 1.807) is 12.1 Å². The second-order valence-electron chi connectivity index (χ2n) is 8.17. The molecule has 4 rings (SSSR count). The molecule has 158 valence electrons. The van der Waals surface area contributed by atoms with Crippen molar-refractivity contribution < 1.29 is 14.0 Å². The number of carbonyl (C=O) groups is 2. The van der Waals surface area contributed by atoms with Crippen molar-refractivity contribution in [2.45, 2.75) is 33.1 Å². The van der Waals surface area contributed by atoms with Gasteiger partial charge >= 0.3 is 0 Å². The first-order valence-electron chi connectivity index (χ1n) is 10.5. The van der Waals surface area contributed by atoms with Crippen molar-refractivity contribution in [3.63, 3.8) is 0 Å². The standard InChI is InChI=1S/C23H28N4O3/c1-15-7-9-17(10-8-15)22(28)25-24-18-5-4-6-19-20(18)16(2)21(30-19)23(29)27-13-11-26(3)12-14-27/h7-10H,4-6,11-14H2,1-3H3,(H,25,28)/b24-18+. The van der Waals surface area contributed by atoms with E-state index in [1.165, 1.54) is 0 Å². The van der Waals surface area contributed by atoms with E-state index in [9.17, 15) is 9.59 Å². The number of amides is 2. The summed E-state index contributed by atoms with van der Waals surface area (Å²) < 4.78 is 6.02. The van der Waals surface area contributed by atoms with Gasteiger partial charge < -0.3 is 14.2 Å². The predicted octanol–water partition coefficient (Wildman–Crippen LogP) is 2.75. The number of carbonyl (C=O) groups excluding carboxylic acids is 2. The number of nitrogens with one attached hydrogen (secondary N) is 1. The van der Waals surface area contributed by atoms with E-state index >= 15 is 0 Å². The first-order chi connectivity index (χ1) is 14.4. The summed E-state index contributed by atoms with van der Waals surface area (Å²) in [6.07, 6.45) is 2.39. The Morgan fingerprint density at radius 1 is 1.03 bits per heavy atom. The SMILES string of the molecule is Cc1ccc(C(=O)N/N=C2\CCCc3oc(C(=O)N4CCN(C)CC4)c(C)c32)cc1. The van der Waals surface area contributed by atoms with E-state index in [1.807, 2.05) is 30.9 Å². The third-order valence-corrected chi connectivity index (χ3v) is 5.92. The predicted molar refractivity (Wildman–Crippen MR) is 115 cm³/mol. The lowest BCUT2D eigenvalue weighted by molar-refractivity contribution is 0.0629. The number of fused-ring (bicyclic) bond motifs is 1. The quantitative estimate of drug-likeness (QED) is 0.792. The third-order valence-electron chi connectivity index (χ3n) is 5.92. The minimum atomic E-state index is -0.246. The number of furan rings is 1. The van der Waals surface area contributed by atoms with Crippen molar-refractivity contribution in [1.82, 2.24) is 15.2 Å². The minimum Gasteiger partial charge on any atom is -0.455 e. The van der Waals surface area contributed by atoms with Gasteiger partial charge in [-0.05, 0) is 45.9 Å². The highest BCUT2D eigenvalue weighted by atomic mass is 16.4. The maximum atomic E-state index is 13.0. The summed E-state index contributed by atoms with van der Waals surface area (Å²) in [5, 5.41) is 4.40. The fourth-order valence-electron chi connectivity index (χ4n) is 4.02. The van der Waals surface area contributed by atoms with Gasteiger partial charge in [0.15, 0.2) is 5.76 Å². The maximum absolute atomic E-state index is 13.0. The topological polar surface area (TPSA) is 78.1 Å². The average molecular weight is 409 g/mol. The summed E-state index contributed by atoms with van der Waals surface area (Å²) >= 11 is 0. The van der Waals surface area contributed by atoms with E-state index < -0.39 is 0 Å². The van der Waals surface area contributed by atoms with Gasteiger partial charge in [0.05, 0.1) is 5.71 Å². The molecule has 0 radical (unpaired) electrons. The zero-order valence-corrected chi connectivity index (χ0v) is 17.8. The monoisotopic (exact) mass is 408 g/mol. The molecular weight excluding hydrogens is 380 g/mol. The van der Waals surface area contributed by atoms with Gasteiger partial charge in [-0.1, -0.05) is 17.7 Å². The molecule has 1 aliphatic heterocycles. The minimum absolute atomic E-state index is 0.0574. The summed E-state index contributed by atoms with van der Waals surface area (Å²) in [6, 6.07) is 7.37. The van der Waals surface area contributed by atoms with Crippen LogP contribution in [0.4, 0.5) is 0 Å². The normalized spacial score (nSPS) is 18.4. The number of likely N-dealkylation sites (N-methyl/N-ethyl adjacent to an activating group) is 1. The number of benzene rings is 1. The number of hydrazone groups is 1. The fourth-order valence-corrected chi connectivity index (χ4v) is 4.02. The molecule has 1 saturated heterocycles. The van der Waals surface area contributed by atoms with E-state index in [-0.39, 0.29) is 11.8 Å². The van der Waals surface area contributed by atoms with E-state index in [0.717, 1.165) is 60.5 Å². The molecule has 1 aromatic carbocycles. The number of piperazine rings is 1. The highest BCUT2D eigenvalue weighted by molar-refractivity contribution is 6.07. The van der Waals surface area contributed by atoms with Gasteiger partial charge in [0.25, 0.3) is 11.8 Å². The highest BCUT2D eigenvalue weighted by Gasteiger charge is 2.31. The van der Waals surface area contributed by atoms with Crippen molar-refractivity contribution in [2.24, 2.45) is 5.10 Å². The lowest BCUT2D eigenvalue weighted by atomic mass is 9.93. The van der Waals surface area contributed by atoms with E-state index in [2.05, 4.69) is 22.5 Å². The van der Waals surface area contributed by atoms with Crippen LogP contribution in [0.25, 0.3) is 0 Å². The largest absolute Gasteiger partial charge is 0.455 e. The summed E-state index contributed by atoms with van der Waals surface area (Å²) in [7, 11) is 2.06. The third kappa shape index (κ3) is 4.03. The van der Waals surface area contributed by atoms with Crippen molar-refractivity contribution in [1.29, 1.82) is 0 Å². The van der Waals surface area contributed by atoms with Crippen molar-refractivity contribution in [2.75, 3.05) is 33.2 Å². The summed E-state index contributed by atoms with van der Waals surface area (Å²) in [4.78, 5) is 29.5. The molecule has 0 saturated carbocycles. The Morgan fingerprint density at radius 2 is 1.73 bits per heavy atom. The Morgan fingerprint density at radius 3 is 2.43 bits per heavy atom. The molecule has 1 aromatic heterocycles. The molecular formula is C23H28N4O3. The van der Waals surface area contributed by atoms with Crippen molar-refractivity contribution in [3.8, 4) is 0 Å². The molecule has 30 heavy (non-hydrogen) atoms. The van der Waals surface area contributed by atoms with E-state index in [0.29, 0.717) is 24.4 Å². The van der Waals surface area contributed by atoms with Crippen LogP contribution in [0.15, 0.2) is 33.8 Å². The second kappa shape index (κ2) is 8.44. The first kappa shape index (κ1) is 20.3. The number of hydrogen-bond donors (Lipinski definition) is 1. The van der Waals surface area contributed by atoms with Crippen LogP contribution in [-0.4, -0.2) is 60.6 Å². The van der Waals surface area contributed by atoms with Crippen LogP contribution in [0, 0.1) is 13.8 Å². The molecule has 1 N–H and O–H groups in total. The molecule has 7 nitrogen and oxygen atoms in total. The van der Waals surface area contributed by atoms with Crippen LogP contribution < -0.4 is 5.43 Å². The Kier molecular flexibility index (Phi) is 5.72. The second-order valence-corrected chi connectivity index (χ2v) is 8.17. The molecule has 2 aromatic rings. The number of nitrogens with zero attached hydrogens (tertiary/aromatic N) is 3. The Hall–Kier alpha value is -2.93. The van der Waals surface area contributed by atoms with Gasteiger partial charge in [-0.2, -0.15) is 5.10 Å². The molecule has 0 atom stereocenters. The van der Waals surface area contributed by atoms with Crippen molar-refractivity contribution in [3.05, 3.63) is 58.0 Å². The molecule has 2 amide bonds. The average Bonchev–Trinajstić information content (AvgIpc) is 3.09. The van der Waals surface area contributed by atoms with Crippen LogP contribution in [-0.2, 0) is 6.42 Å². The van der Waals surface area contributed by atoms with Gasteiger partial charge in [-0.3, -0.25) is 9.59 Å². The summed E-state index contributed by atoms with van der Waals surface area (Å²) in [6.45, 7) is 7.02. The van der Waals surface area contributed by atoms with Crippen molar-refractivity contribution >= 4 is 17.5 Å². The molecule has 0 spiro atoms. The van der Waals surface area contributed by atoms with Crippen LogP contribution in [0.3, 0.4) is 0 Å². The van der Waals surface area contributed by atoms with Gasteiger partial charge in [-0.15, -0.1) is 0 Å². The molecule has 0 unspecified atom stereocenters.